The highest BCUT2D eigenvalue weighted by molar-refractivity contribution is 5.39. The van der Waals surface area contributed by atoms with E-state index in [1.54, 1.807) is 6.20 Å². The van der Waals surface area contributed by atoms with E-state index < -0.39 is 0 Å². The first-order chi connectivity index (χ1) is 6.92. The van der Waals surface area contributed by atoms with Gasteiger partial charge in [0.05, 0.1) is 19.3 Å². The number of anilines is 1. The number of nitrogens with zero attached hydrogens (tertiary/aromatic N) is 2. The van der Waals surface area contributed by atoms with E-state index in [9.17, 15) is 0 Å². The fraction of sp³-hybridized carbons (Fsp3) is 0.500. The molecule has 1 aromatic rings. The predicted octanol–water partition coefficient (Wildman–Crippen LogP) is 0.245. The van der Waals surface area contributed by atoms with Crippen LogP contribution in [0.25, 0.3) is 0 Å². The van der Waals surface area contributed by atoms with Crippen molar-refractivity contribution in [2.24, 2.45) is 5.73 Å². The molecule has 1 unspecified atom stereocenters. The summed E-state index contributed by atoms with van der Waals surface area (Å²) in [5, 5.41) is 0. The molecule has 0 amide bonds. The van der Waals surface area contributed by atoms with Gasteiger partial charge in [0.1, 0.15) is 5.82 Å². The highest BCUT2D eigenvalue weighted by Gasteiger charge is 2.22. The number of pyridine rings is 1. The summed E-state index contributed by atoms with van der Waals surface area (Å²) < 4.78 is 5.38. The molecule has 1 fully saturated rings. The monoisotopic (exact) mass is 193 g/mol. The number of rotatable bonds is 2. The van der Waals surface area contributed by atoms with Crippen LogP contribution >= 0.6 is 0 Å². The summed E-state index contributed by atoms with van der Waals surface area (Å²) in [5.74, 6) is 0.992. The lowest BCUT2D eigenvalue weighted by Crippen LogP contribution is -2.49. The van der Waals surface area contributed by atoms with Gasteiger partial charge in [0.25, 0.3) is 0 Å². The molecule has 0 saturated carbocycles. The van der Waals surface area contributed by atoms with E-state index in [1.807, 2.05) is 18.2 Å². The van der Waals surface area contributed by atoms with E-state index >= 15 is 0 Å². The molecule has 4 heteroatoms. The molecular weight excluding hydrogens is 178 g/mol. The third-order valence-corrected chi connectivity index (χ3v) is 2.44. The van der Waals surface area contributed by atoms with Crippen LogP contribution in [-0.4, -0.2) is 37.3 Å². The number of ether oxygens (including phenoxy) is 1. The summed E-state index contributed by atoms with van der Waals surface area (Å²) in [6.07, 6.45) is 1.80. The van der Waals surface area contributed by atoms with Gasteiger partial charge in [-0.1, -0.05) is 6.07 Å². The number of hydrogen-bond acceptors (Lipinski definition) is 4. The smallest absolute Gasteiger partial charge is 0.128 e. The van der Waals surface area contributed by atoms with Crippen molar-refractivity contribution in [3.05, 3.63) is 24.4 Å². The standard InChI is InChI=1S/C10H15N3O/c11-7-9-8-14-6-5-13(9)10-3-1-2-4-12-10/h1-4,9H,5-8,11H2. The lowest BCUT2D eigenvalue weighted by atomic mass is 10.2. The summed E-state index contributed by atoms with van der Waals surface area (Å²) in [7, 11) is 0. The Bertz CT molecular complexity index is 278. The number of morpholine rings is 1. The molecule has 2 rings (SSSR count). The summed E-state index contributed by atoms with van der Waals surface area (Å²) in [6.45, 7) is 2.94. The van der Waals surface area contributed by atoms with Crippen LogP contribution in [0.4, 0.5) is 5.82 Å². The van der Waals surface area contributed by atoms with Gasteiger partial charge in [-0.05, 0) is 12.1 Å². The van der Waals surface area contributed by atoms with Crippen molar-refractivity contribution >= 4 is 5.82 Å². The summed E-state index contributed by atoms with van der Waals surface area (Å²) >= 11 is 0. The highest BCUT2D eigenvalue weighted by Crippen LogP contribution is 2.15. The maximum atomic E-state index is 5.68. The molecule has 76 valence electrons. The van der Waals surface area contributed by atoms with Gasteiger partial charge in [-0.2, -0.15) is 0 Å². The number of aromatic nitrogens is 1. The zero-order valence-electron chi connectivity index (χ0n) is 8.10. The average molecular weight is 193 g/mol. The highest BCUT2D eigenvalue weighted by atomic mass is 16.5. The Balaban J connectivity index is 2.15. The second-order valence-electron chi connectivity index (χ2n) is 3.35. The topological polar surface area (TPSA) is 51.4 Å². The van der Waals surface area contributed by atoms with Gasteiger partial charge < -0.3 is 15.4 Å². The second kappa shape index (κ2) is 4.39. The first kappa shape index (κ1) is 9.43. The second-order valence-corrected chi connectivity index (χ2v) is 3.35. The zero-order chi connectivity index (χ0) is 9.80. The van der Waals surface area contributed by atoms with Crippen LogP contribution in [0.15, 0.2) is 24.4 Å². The predicted molar refractivity (Wildman–Crippen MR) is 55.2 cm³/mol. The minimum atomic E-state index is 0.263. The molecule has 0 radical (unpaired) electrons. The van der Waals surface area contributed by atoms with Crippen molar-refractivity contribution in [2.75, 3.05) is 31.2 Å². The van der Waals surface area contributed by atoms with Gasteiger partial charge >= 0.3 is 0 Å². The molecule has 1 atom stereocenters. The van der Waals surface area contributed by atoms with Gasteiger partial charge in [-0.15, -0.1) is 0 Å². The molecule has 0 bridgehead atoms. The Kier molecular flexibility index (Phi) is 2.96. The van der Waals surface area contributed by atoms with Crippen molar-refractivity contribution in [3.63, 3.8) is 0 Å². The van der Waals surface area contributed by atoms with Crippen molar-refractivity contribution in [1.29, 1.82) is 0 Å². The van der Waals surface area contributed by atoms with Crippen LogP contribution in [-0.2, 0) is 4.74 Å². The Morgan fingerprint density at radius 1 is 1.57 bits per heavy atom. The molecule has 14 heavy (non-hydrogen) atoms. The van der Waals surface area contributed by atoms with Crippen molar-refractivity contribution in [2.45, 2.75) is 6.04 Å². The fourth-order valence-corrected chi connectivity index (χ4v) is 1.68. The molecule has 1 aliphatic heterocycles. The van der Waals surface area contributed by atoms with Crippen molar-refractivity contribution in [3.8, 4) is 0 Å². The molecule has 4 nitrogen and oxygen atoms in total. The van der Waals surface area contributed by atoms with Gasteiger partial charge in [-0.25, -0.2) is 4.98 Å². The van der Waals surface area contributed by atoms with E-state index in [-0.39, 0.29) is 6.04 Å². The quantitative estimate of drug-likeness (QED) is 0.731. The van der Waals surface area contributed by atoms with E-state index in [1.165, 1.54) is 0 Å². The average Bonchev–Trinajstić information content (AvgIpc) is 2.30. The van der Waals surface area contributed by atoms with Crippen LogP contribution in [0.1, 0.15) is 0 Å². The van der Waals surface area contributed by atoms with Crippen LogP contribution < -0.4 is 10.6 Å². The molecule has 1 aliphatic rings. The Morgan fingerprint density at radius 2 is 2.50 bits per heavy atom. The molecule has 0 spiro atoms. The lowest BCUT2D eigenvalue weighted by molar-refractivity contribution is 0.0958. The summed E-state index contributed by atoms with van der Waals surface area (Å²) in [4.78, 5) is 6.53. The van der Waals surface area contributed by atoms with Crippen LogP contribution in [0, 0.1) is 0 Å². The first-order valence-corrected chi connectivity index (χ1v) is 4.87. The Hall–Kier alpha value is -1.13. The fourth-order valence-electron chi connectivity index (χ4n) is 1.68. The number of hydrogen-bond donors (Lipinski definition) is 1. The van der Waals surface area contributed by atoms with E-state index in [2.05, 4.69) is 9.88 Å². The molecule has 1 aromatic heterocycles. The minimum absolute atomic E-state index is 0.263. The summed E-state index contributed by atoms with van der Waals surface area (Å²) in [5.41, 5.74) is 5.68. The Labute approximate surface area is 83.7 Å². The molecule has 2 N–H and O–H groups in total. The normalized spacial score (nSPS) is 22.4. The third-order valence-electron chi connectivity index (χ3n) is 2.44. The van der Waals surface area contributed by atoms with Crippen molar-refractivity contribution in [1.82, 2.24) is 4.98 Å². The maximum absolute atomic E-state index is 5.68. The van der Waals surface area contributed by atoms with Gasteiger partial charge in [0.15, 0.2) is 0 Å². The van der Waals surface area contributed by atoms with Gasteiger partial charge in [0.2, 0.25) is 0 Å². The molecule has 2 heterocycles. The van der Waals surface area contributed by atoms with Crippen LogP contribution in [0.5, 0.6) is 0 Å². The summed E-state index contributed by atoms with van der Waals surface area (Å²) in [6, 6.07) is 6.18. The molecule has 1 saturated heterocycles. The first-order valence-electron chi connectivity index (χ1n) is 4.87. The zero-order valence-corrected chi connectivity index (χ0v) is 8.10. The van der Waals surface area contributed by atoms with Gasteiger partial charge in [-0.3, -0.25) is 0 Å². The maximum Gasteiger partial charge on any atom is 0.128 e. The van der Waals surface area contributed by atoms with E-state index in [4.69, 9.17) is 10.5 Å². The minimum Gasteiger partial charge on any atom is -0.377 e. The van der Waals surface area contributed by atoms with Crippen LogP contribution in [0.3, 0.4) is 0 Å². The third kappa shape index (κ3) is 1.86. The molecule has 0 aliphatic carbocycles. The molecule has 0 aromatic carbocycles. The Morgan fingerprint density at radius 3 is 3.21 bits per heavy atom. The van der Waals surface area contributed by atoms with Crippen molar-refractivity contribution < 1.29 is 4.74 Å². The molecular formula is C10H15N3O. The largest absolute Gasteiger partial charge is 0.377 e. The SMILES string of the molecule is NCC1COCCN1c1ccccn1. The van der Waals surface area contributed by atoms with E-state index in [0.717, 1.165) is 19.0 Å². The van der Waals surface area contributed by atoms with Crippen LogP contribution in [0.2, 0.25) is 0 Å². The van der Waals surface area contributed by atoms with Gasteiger partial charge in [0, 0.05) is 19.3 Å². The lowest BCUT2D eigenvalue weighted by Gasteiger charge is -2.35. The van der Waals surface area contributed by atoms with E-state index in [0.29, 0.717) is 13.2 Å². The number of nitrogens with two attached hydrogens (primary N) is 1.